The zero-order valence-electron chi connectivity index (χ0n) is 10.8. The third-order valence-electron chi connectivity index (χ3n) is 3.01. The van der Waals surface area contributed by atoms with Crippen molar-refractivity contribution in [2.75, 3.05) is 13.1 Å². The molecule has 4 heteroatoms. The summed E-state index contributed by atoms with van der Waals surface area (Å²) >= 11 is 0. The first-order chi connectivity index (χ1) is 7.63. The Morgan fingerprint density at radius 2 is 1.94 bits per heavy atom. The predicted molar refractivity (Wildman–Crippen MR) is 73.6 cm³/mol. The first kappa shape index (κ1) is 14.4. The number of hydrogen-bond acceptors (Lipinski definition) is 3. The van der Waals surface area contributed by atoms with Crippen molar-refractivity contribution in [2.45, 2.75) is 39.4 Å². The maximum Gasteiger partial charge on any atom is 0.0372 e. The molecule has 0 aromatic carbocycles. The van der Waals surface area contributed by atoms with Crippen LogP contribution in [-0.4, -0.2) is 35.1 Å². The van der Waals surface area contributed by atoms with Crippen LogP contribution >= 0.6 is 12.4 Å². The van der Waals surface area contributed by atoms with E-state index < -0.39 is 0 Å². The minimum absolute atomic E-state index is 0. The second-order valence-electron chi connectivity index (χ2n) is 4.97. The summed E-state index contributed by atoms with van der Waals surface area (Å²) in [5.41, 5.74) is 2.40. The molecule has 0 saturated carbocycles. The number of aromatic nitrogens is 1. The number of nitrogens with one attached hydrogen (secondary N) is 1. The summed E-state index contributed by atoms with van der Waals surface area (Å²) in [5, 5.41) is 3.55. The number of pyridine rings is 1. The van der Waals surface area contributed by atoms with Gasteiger partial charge in [0.1, 0.15) is 0 Å². The van der Waals surface area contributed by atoms with Gasteiger partial charge in [-0.2, -0.15) is 0 Å². The monoisotopic (exact) mass is 255 g/mol. The van der Waals surface area contributed by atoms with Crippen molar-refractivity contribution in [3.63, 3.8) is 0 Å². The minimum atomic E-state index is 0. The van der Waals surface area contributed by atoms with Gasteiger partial charge in [-0.05, 0) is 32.4 Å². The minimum Gasteiger partial charge on any atom is -0.309 e. The molecule has 1 N–H and O–H groups in total. The molecule has 1 saturated heterocycles. The summed E-state index contributed by atoms with van der Waals surface area (Å²) in [5.74, 6) is 0. The van der Waals surface area contributed by atoms with Crippen LogP contribution in [0.15, 0.2) is 18.3 Å². The molecule has 2 heterocycles. The molecule has 1 aromatic heterocycles. The largest absolute Gasteiger partial charge is 0.309 e. The summed E-state index contributed by atoms with van der Waals surface area (Å²) < 4.78 is 0. The highest BCUT2D eigenvalue weighted by Gasteiger charge is 2.20. The highest BCUT2D eigenvalue weighted by Crippen LogP contribution is 2.09. The van der Waals surface area contributed by atoms with Gasteiger partial charge in [0, 0.05) is 43.6 Å². The topological polar surface area (TPSA) is 28.2 Å². The van der Waals surface area contributed by atoms with E-state index in [-0.39, 0.29) is 12.4 Å². The SMILES string of the molecule is Cc1ccc(CN2CC(C)NC(C)C2)cn1.Cl. The fraction of sp³-hybridized carbons (Fsp3) is 0.615. The average molecular weight is 256 g/mol. The second-order valence-corrected chi connectivity index (χ2v) is 4.97. The number of nitrogens with zero attached hydrogens (tertiary/aromatic N) is 2. The van der Waals surface area contributed by atoms with Gasteiger partial charge in [0.15, 0.2) is 0 Å². The molecular formula is C13H22ClN3. The van der Waals surface area contributed by atoms with E-state index in [1.54, 1.807) is 0 Å². The average Bonchev–Trinajstić information content (AvgIpc) is 2.20. The van der Waals surface area contributed by atoms with Crippen molar-refractivity contribution < 1.29 is 0 Å². The number of aryl methyl sites for hydroxylation is 1. The fourth-order valence-corrected chi connectivity index (χ4v) is 2.42. The number of rotatable bonds is 2. The van der Waals surface area contributed by atoms with Crippen LogP contribution in [0.25, 0.3) is 0 Å². The van der Waals surface area contributed by atoms with Crippen LogP contribution < -0.4 is 5.32 Å². The molecule has 2 rings (SSSR count). The molecule has 2 unspecified atom stereocenters. The van der Waals surface area contributed by atoms with Crippen LogP contribution in [0.5, 0.6) is 0 Å². The van der Waals surface area contributed by atoms with Gasteiger partial charge < -0.3 is 5.32 Å². The Bertz CT molecular complexity index is 329. The van der Waals surface area contributed by atoms with Crippen LogP contribution in [0.1, 0.15) is 25.1 Å². The molecule has 96 valence electrons. The Balaban J connectivity index is 0.00000144. The molecule has 1 fully saturated rings. The van der Waals surface area contributed by atoms with Crippen molar-refractivity contribution in [2.24, 2.45) is 0 Å². The molecule has 0 radical (unpaired) electrons. The highest BCUT2D eigenvalue weighted by atomic mass is 35.5. The first-order valence-electron chi connectivity index (χ1n) is 6.03. The highest BCUT2D eigenvalue weighted by molar-refractivity contribution is 5.85. The zero-order valence-corrected chi connectivity index (χ0v) is 11.6. The Kier molecular flexibility index (Phi) is 5.37. The zero-order chi connectivity index (χ0) is 11.5. The van der Waals surface area contributed by atoms with Crippen LogP contribution in [0, 0.1) is 6.92 Å². The summed E-state index contributed by atoms with van der Waals surface area (Å²) in [6.07, 6.45) is 1.99. The smallest absolute Gasteiger partial charge is 0.0372 e. The van der Waals surface area contributed by atoms with Crippen LogP contribution in [0.2, 0.25) is 0 Å². The van der Waals surface area contributed by atoms with Crippen molar-refractivity contribution in [1.29, 1.82) is 0 Å². The second kappa shape index (κ2) is 6.34. The van der Waals surface area contributed by atoms with Crippen LogP contribution in [0.3, 0.4) is 0 Å². The maximum absolute atomic E-state index is 4.34. The fourth-order valence-electron chi connectivity index (χ4n) is 2.42. The predicted octanol–water partition coefficient (Wildman–Crippen LogP) is 1.99. The van der Waals surface area contributed by atoms with Crippen molar-refractivity contribution in [3.8, 4) is 0 Å². The van der Waals surface area contributed by atoms with E-state index in [0.717, 1.165) is 25.3 Å². The van der Waals surface area contributed by atoms with Gasteiger partial charge in [-0.15, -0.1) is 12.4 Å². The van der Waals surface area contributed by atoms with Gasteiger partial charge in [-0.25, -0.2) is 0 Å². The van der Waals surface area contributed by atoms with Crippen LogP contribution in [-0.2, 0) is 6.54 Å². The third kappa shape index (κ3) is 4.26. The van der Waals surface area contributed by atoms with Crippen LogP contribution in [0.4, 0.5) is 0 Å². The molecule has 1 aliphatic rings. The van der Waals surface area contributed by atoms with Crippen molar-refractivity contribution in [3.05, 3.63) is 29.6 Å². The van der Waals surface area contributed by atoms with Gasteiger partial charge in [-0.1, -0.05) is 6.07 Å². The van der Waals surface area contributed by atoms with E-state index in [1.807, 2.05) is 13.1 Å². The summed E-state index contributed by atoms with van der Waals surface area (Å²) in [6, 6.07) is 5.44. The van der Waals surface area contributed by atoms with Gasteiger partial charge in [0.2, 0.25) is 0 Å². The molecule has 1 aliphatic heterocycles. The Hall–Kier alpha value is -0.640. The lowest BCUT2D eigenvalue weighted by Crippen LogP contribution is -2.53. The Labute approximate surface area is 110 Å². The first-order valence-corrected chi connectivity index (χ1v) is 6.03. The lowest BCUT2D eigenvalue weighted by atomic mass is 10.1. The number of hydrogen-bond donors (Lipinski definition) is 1. The number of piperazine rings is 1. The quantitative estimate of drug-likeness (QED) is 0.876. The standard InChI is InChI=1S/C13H21N3.ClH/c1-10-4-5-13(6-14-10)9-16-7-11(2)15-12(3)8-16;/h4-6,11-12,15H,7-9H2,1-3H3;1H. The van der Waals surface area contributed by atoms with Gasteiger partial charge >= 0.3 is 0 Å². The summed E-state index contributed by atoms with van der Waals surface area (Å²) in [4.78, 5) is 6.84. The van der Waals surface area contributed by atoms with E-state index >= 15 is 0 Å². The molecule has 3 nitrogen and oxygen atoms in total. The normalized spacial score (nSPS) is 25.4. The van der Waals surface area contributed by atoms with Crippen molar-refractivity contribution >= 4 is 12.4 Å². The molecule has 0 spiro atoms. The van der Waals surface area contributed by atoms with Gasteiger partial charge in [0.05, 0.1) is 0 Å². The summed E-state index contributed by atoms with van der Waals surface area (Å²) in [7, 11) is 0. The van der Waals surface area contributed by atoms with E-state index in [4.69, 9.17) is 0 Å². The Morgan fingerprint density at radius 1 is 1.29 bits per heavy atom. The molecule has 0 bridgehead atoms. The summed E-state index contributed by atoms with van der Waals surface area (Å²) in [6.45, 7) is 9.78. The van der Waals surface area contributed by atoms with E-state index in [2.05, 4.69) is 41.2 Å². The molecule has 0 amide bonds. The molecule has 17 heavy (non-hydrogen) atoms. The lowest BCUT2D eigenvalue weighted by Gasteiger charge is -2.36. The molecular weight excluding hydrogens is 234 g/mol. The third-order valence-corrected chi connectivity index (χ3v) is 3.01. The number of halogens is 1. The van der Waals surface area contributed by atoms with E-state index in [0.29, 0.717) is 12.1 Å². The van der Waals surface area contributed by atoms with E-state index in [9.17, 15) is 0 Å². The van der Waals surface area contributed by atoms with Gasteiger partial charge in [-0.3, -0.25) is 9.88 Å². The lowest BCUT2D eigenvalue weighted by molar-refractivity contribution is 0.166. The van der Waals surface area contributed by atoms with Crippen molar-refractivity contribution in [1.82, 2.24) is 15.2 Å². The maximum atomic E-state index is 4.34. The van der Waals surface area contributed by atoms with Gasteiger partial charge in [0.25, 0.3) is 0 Å². The molecule has 1 aromatic rings. The van der Waals surface area contributed by atoms with E-state index in [1.165, 1.54) is 5.56 Å². The Morgan fingerprint density at radius 3 is 2.47 bits per heavy atom. The molecule has 0 aliphatic carbocycles. The molecule has 2 atom stereocenters.